The molecule has 1 unspecified atom stereocenters. The molecule has 0 aliphatic carbocycles. The van der Waals surface area contributed by atoms with Crippen molar-refractivity contribution in [3.63, 3.8) is 0 Å². The highest BCUT2D eigenvalue weighted by atomic mass is 79.9. The fourth-order valence-electron chi connectivity index (χ4n) is 1.48. The molecule has 0 radical (unpaired) electrons. The highest BCUT2D eigenvalue weighted by Gasteiger charge is 2.18. The van der Waals surface area contributed by atoms with Gasteiger partial charge in [0.05, 0.1) is 0 Å². The largest absolute Gasteiger partial charge is 0.480 e. The van der Waals surface area contributed by atoms with Gasteiger partial charge in [-0.05, 0) is 47.0 Å². The molecule has 0 fully saturated rings. The molecule has 0 saturated carbocycles. The van der Waals surface area contributed by atoms with E-state index in [-0.39, 0.29) is 0 Å². The van der Waals surface area contributed by atoms with Gasteiger partial charge >= 0.3 is 5.97 Å². The molecule has 1 aromatic heterocycles. The summed E-state index contributed by atoms with van der Waals surface area (Å²) < 4.78 is 10.6. The van der Waals surface area contributed by atoms with Crippen LogP contribution < -0.4 is 5.32 Å². The molecule has 20 heavy (non-hydrogen) atoms. The predicted octanol–water partition coefficient (Wildman–Crippen LogP) is 2.05. The van der Waals surface area contributed by atoms with Gasteiger partial charge in [0.1, 0.15) is 11.8 Å². The first kappa shape index (κ1) is 16.5. The van der Waals surface area contributed by atoms with E-state index >= 15 is 0 Å². The quantitative estimate of drug-likeness (QED) is 0.556. The monoisotopic (exact) mass is 345 g/mol. The van der Waals surface area contributed by atoms with Crippen LogP contribution in [0.3, 0.4) is 0 Å². The first-order valence-electron chi connectivity index (χ1n) is 5.98. The van der Waals surface area contributed by atoms with Gasteiger partial charge in [-0.1, -0.05) is 0 Å². The third kappa shape index (κ3) is 6.03. The molecule has 6 nitrogen and oxygen atoms in total. The van der Waals surface area contributed by atoms with Crippen LogP contribution in [0.4, 0.5) is 0 Å². The van der Waals surface area contributed by atoms with E-state index in [2.05, 4.69) is 21.2 Å². The third-order valence-corrected chi connectivity index (χ3v) is 2.88. The summed E-state index contributed by atoms with van der Waals surface area (Å²) in [6.07, 6.45) is 3.57. The summed E-state index contributed by atoms with van der Waals surface area (Å²) in [4.78, 5) is 22.6. The molecular formula is C13H16BrNO5. The first-order valence-corrected chi connectivity index (χ1v) is 6.78. The van der Waals surface area contributed by atoms with E-state index in [1.807, 2.05) is 0 Å². The number of aliphatic carboxylic acids is 1. The summed E-state index contributed by atoms with van der Waals surface area (Å²) in [5, 5.41) is 11.4. The molecule has 0 aromatic carbocycles. The van der Waals surface area contributed by atoms with Crippen LogP contribution in [0.25, 0.3) is 6.08 Å². The van der Waals surface area contributed by atoms with Crippen LogP contribution >= 0.6 is 15.9 Å². The molecule has 1 aromatic rings. The van der Waals surface area contributed by atoms with Gasteiger partial charge in [-0.2, -0.15) is 0 Å². The Kier molecular flexibility index (Phi) is 7.03. The van der Waals surface area contributed by atoms with Crippen LogP contribution in [0.5, 0.6) is 0 Å². The highest BCUT2D eigenvalue weighted by molar-refractivity contribution is 9.10. The van der Waals surface area contributed by atoms with Crippen LogP contribution in [0.15, 0.2) is 27.3 Å². The van der Waals surface area contributed by atoms with Crippen molar-refractivity contribution < 1.29 is 23.8 Å². The van der Waals surface area contributed by atoms with E-state index in [9.17, 15) is 9.59 Å². The van der Waals surface area contributed by atoms with Gasteiger partial charge in [-0.15, -0.1) is 0 Å². The van der Waals surface area contributed by atoms with Gasteiger partial charge in [0.25, 0.3) is 0 Å². The third-order valence-electron chi connectivity index (χ3n) is 2.45. The Morgan fingerprint density at radius 3 is 2.85 bits per heavy atom. The number of ether oxygens (including phenoxy) is 1. The maximum absolute atomic E-state index is 11.6. The number of carbonyl (C=O) groups is 2. The molecule has 7 heteroatoms. The fourth-order valence-corrected chi connectivity index (χ4v) is 1.80. The predicted molar refractivity (Wildman–Crippen MR) is 76.1 cm³/mol. The number of furan rings is 1. The number of rotatable bonds is 8. The van der Waals surface area contributed by atoms with Crippen LogP contribution in [0.2, 0.25) is 0 Å². The molecular weight excluding hydrogens is 330 g/mol. The Bertz CT molecular complexity index is 483. The van der Waals surface area contributed by atoms with Crippen molar-refractivity contribution in [1.82, 2.24) is 5.32 Å². The second-order valence-electron chi connectivity index (χ2n) is 4.01. The zero-order chi connectivity index (χ0) is 15.0. The maximum atomic E-state index is 11.6. The molecule has 0 bridgehead atoms. The van der Waals surface area contributed by atoms with Crippen molar-refractivity contribution in [1.29, 1.82) is 0 Å². The number of methoxy groups -OCH3 is 1. The Morgan fingerprint density at radius 2 is 2.30 bits per heavy atom. The van der Waals surface area contributed by atoms with Crippen LogP contribution in [-0.2, 0) is 14.3 Å². The second kappa shape index (κ2) is 8.55. The summed E-state index contributed by atoms with van der Waals surface area (Å²) >= 11 is 3.14. The van der Waals surface area contributed by atoms with Gasteiger partial charge in [-0.25, -0.2) is 4.79 Å². The number of carbonyl (C=O) groups excluding carboxylic acids is 1. The Morgan fingerprint density at radius 1 is 1.55 bits per heavy atom. The van der Waals surface area contributed by atoms with E-state index in [1.54, 1.807) is 19.2 Å². The number of amides is 1. The minimum absolute atomic E-state index is 0.315. The van der Waals surface area contributed by atoms with Crippen molar-refractivity contribution in [2.75, 3.05) is 13.7 Å². The highest BCUT2D eigenvalue weighted by Crippen LogP contribution is 2.14. The topological polar surface area (TPSA) is 88.8 Å². The average molecular weight is 346 g/mol. The molecule has 1 rings (SSSR count). The molecule has 0 aliphatic heterocycles. The Hall–Kier alpha value is -1.60. The summed E-state index contributed by atoms with van der Waals surface area (Å²) in [6, 6.07) is 2.45. The summed E-state index contributed by atoms with van der Waals surface area (Å²) in [5.74, 6) is -1.05. The smallest absolute Gasteiger partial charge is 0.326 e. The molecule has 1 atom stereocenters. The van der Waals surface area contributed by atoms with Crippen LogP contribution in [0, 0.1) is 0 Å². The number of nitrogens with one attached hydrogen (secondary N) is 1. The molecule has 2 N–H and O–H groups in total. The van der Waals surface area contributed by atoms with Gasteiger partial charge in [0.15, 0.2) is 4.67 Å². The zero-order valence-electron chi connectivity index (χ0n) is 11.0. The first-order chi connectivity index (χ1) is 9.52. The normalized spacial score (nSPS) is 12.5. The standard InChI is InChI=1S/C13H16BrNO5/c1-19-8-2-3-10(13(17)18)15-12(16)7-5-9-4-6-11(14)20-9/h4-7,10H,2-3,8H2,1H3,(H,15,16)(H,17,18)/b7-5+. The van der Waals surface area contributed by atoms with E-state index in [1.165, 1.54) is 12.2 Å². The van der Waals surface area contributed by atoms with E-state index in [0.29, 0.717) is 29.9 Å². The lowest BCUT2D eigenvalue weighted by Gasteiger charge is -2.12. The average Bonchev–Trinajstić information content (AvgIpc) is 2.81. The lowest BCUT2D eigenvalue weighted by atomic mass is 10.1. The number of carboxylic acid groups (broad SMARTS) is 1. The summed E-state index contributed by atoms with van der Waals surface area (Å²) in [7, 11) is 1.54. The van der Waals surface area contributed by atoms with E-state index < -0.39 is 17.9 Å². The summed E-state index contributed by atoms with van der Waals surface area (Å²) in [5.41, 5.74) is 0. The number of hydrogen-bond acceptors (Lipinski definition) is 4. The Balaban J connectivity index is 2.49. The van der Waals surface area contributed by atoms with Gasteiger partial charge in [0, 0.05) is 19.8 Å². The molecule has 0 aliphatic rings. The molecule has 1 amide bonds. The van der Waals surface area contributed by atoms with Gasteiger partial charge in [-0.3, -0.25) is 4.79 Å². The zero-order valence-corrected chi connectivity index (χ0v) is 12.6. The SMILES string of the molecule is COCCCC(NC(=O)/C=C/c1ccc(Br)o1)C(=O)O. The van der Waals surface area contributed by atoms with Gasteiger partial charge in [0.2, 0.25) is 5.91 Å². The van der Waals surface area contributed by atoms with E-state index in [4.69, 9.17) is 14.3 Å². The lowest BCUT2D eigenvalue weighted by Crippen LogP contribution is -2.40. The minimum Gasteiger partial charge on any atom is -0.480 e. The molecule has 0 saturated heterocycles. The van der Waals surface area contributed by atoms with Crippen LogP contribution in [0.1, 0.15) is 18.6 Å². The molecule has 0 spiro atoms. The fraction of sp³-hybridized carbons (Fsp3) is 0.385. The van der Waals surface area contributed by atoms with Crippen molar-refractivity contribution in [2.45, 2.75) is 18.9 Å². The second-order valence-corrected chi connectivity index (χ2v) is 4.79. The van der Waals surface area contributed by atoms with Crippen molar-refractivity contribution >= 4 is 33.9 Å². The maximum Gasteiger partial charge on any atom is 0.326 e. The van der Waals surface area contributed by atoms with Gasteiger partial charge < -0.3 is 19.6 Å². The molecule has 1 heterocycles. The number of hydrogen-bond donors (Lipinski definition) is 2. The summed E-state index contributed by atoms with van der Waals surface area (Å²) in [6.45, 7) is 0.454. The minimum atomic E-state index is -1.07. The van der Waals surface area contributed by atoms with E-state index in [0.717, 1.165) is 0 Å². The molecule has 110 valence electrons. The van der Waals surface area contributed by atoms with Crippen molar-refractivity contribution in [2.24, 2.45) is 0 Å². The lowest BCUT2D eigenvalue weighted by molar-refractivity contribution is -0.141. The number of carboxylic acids is 1. The number of halogens is 1. The van der Waals surface area contributed by atoms with Crippen molar-refractivity contribution in [3.8, 4) is 0 Å². The van der Waals surface area contributed by atoms with Crippen LogP contribution in [-0.4, -0.2) is 36.7 Å². The Labute approximate surface area is 124 Å². The van der Waals surface area contributed by atoms with Crippen molar-refractivity contribution in [3.05, 3.63) is 28.6 Å².